The molecule has 0 spiro atoms. The monoisotopic (exact) mass is 416 g/mol. The molecular formula is C25H24N2O4. The number of amides is 2. The van der Waals surface area contributed by atoms with Crippen molar-refractivity contribution in [2.45, 2.75) is 18.5 Å². The van der Waals surface area contributed by atoms with Crippen LogP contribution < -0.4 is 4.90 Å². The number of methoxy groups -OCH3 is 1. The van der Waals surface area contributed by atoms with Gasteiger partial charge in [0, 0.05) is 31.5 Å². The van der Waals surface area contributed by atoms with Gasteiger partial charge in [0.1, 0.15) is 6.04 Å². The van der Waals surface area contributed by atoms with Crippen LogP contribution in [0.3, 0.4) is 0 Å². The highest BCUT2D eigenvalue weighted by Crippen LogP contribution is 2.48. The van der Waals surface area contributed by atoms with Gasteiger partial charge >= 0.3 is 0 Å². The molecule has 5 rings (SSSR count). The molecule has 3 aliphatic heterocycles. The predicted molar refractivity (Wildman–Crippen MR) is 116 cm³/mol. The van der Waals surface area contributed by atoms with Crippen molar-refractivity contribution < 1.29 is 19.1 Å². The maximum atomic E-state index is 13.7. The van der Waals surface area contributed by atoms with Crippen LogP contribution in [0.15, 0.2) is 60.7 Å². The number of ether oxygens (including phenoxy) is 1. The Balaban J connectivity index is 1.58. The van der Waals surface area contributed by atoms with Gasteiger partial charge in [-0.25, -0.2) is 0 Å². The molecule has 0 aliphatic carbocycles. The molecule has 3 heterocycles. The van der Waals surface area contributed by atoms with Gasteiger partial charge in [-0.05, 0) is 18.1 Å². The van der Waals surface area contributed by atoms with E-state index in [0.717, 1.165) is 11.3 Å². The zero-order valence-electron chi connectivity index (χ0n) is 17.3. The van der Waals surface area contributed by atoms with Gasteiger partial charge in [-0.1, -0.05) is 60.7 Å². The van der Waals surface area contributed by atoms with Gasteiger partial charge in [-0.2, -0.15) is 0 Å². The van der Waals surface area contributed by atoms with Crippen molar-refractivity contribution in [3.63, 3.8) is 0 Å². The van der Waals surface area contributed by atoms with Gasteiger partial charge in [0.05, 0.1) is 17.9 Å². The van der Waals surface area contributed by atoms with Gasteiger partial charge < -0.3 is 9.64 Å². The number of benzene rings is 2. The molecule has 2 fully saturated rings. The van der Waals surface area contributed by atoms with Gasteiger partial charge in [0.2, 0.25) is 11.8 Å². The normalized spacial score (nSPS) is 26.1. The summed E-state index contributed by atoms with van der Waals surface area (Å²) in [6.07, 6.45) is 4.55. The van der Waals surface area contributed by atoms with E-state index in [1.54, 1.807) is 19.2 Å². The first kappa shape index (κ1) is 19.7. The first-order valence-corrected chi connectivity index (χ1v) is 10.6. The molecule has 2 saturated heterocycles. The lowest BCUT2D eigenvalue weighted by molar-refractivity contribution is -0.140. The molecular weight excluding hydrogens is 392 g/mol. The second-order valence-electron chi connectivity index (χ2n) is 8.22. The number of carbonyl (C=O) groups excluding carboxylic acids is 3. The summed E-state index contributed by atoms with van der Waals surface area (Å²) in [4.78, 5) is 43.9. The highest BCUT2D eigenvalue weighted by Gasteiger charge is 2.63. The van der Waals surface area contributed by atoms with E-state index in [1.807, 2.05) is 59.5 Å². The lowest BCUT2D eigenvalue weighted by Crippen LogP contribution is -2.48. The number of rotatable bonds is 6. The number of nitrogens with zero attached hydrogens (tertiary/aromatic N) is 2. The Hall–Kier alpha value is -3.25. The molecule has 0 aromatic heterocycles. The maximum Gasteiger partial charge on any atom is 0.235 e. The average molecular weight is 416 g/mol. The number of para-hydroxylation sites is 1. The highest BCUT2D eigenvalue weighted by atomic mass is 16.5. The van der Waals surface area contributed by atoms with Crippen molar-refractivity contribution in [3.8, 4) is 0 Å². The summed E-state index contributed by atoms with van der Waals surface area (Å²) in [5, 5.41) is 0. The van der Waals surface area contributed by atoms with E-state index >= 15 is 0 Å². The quantitative estimate of drug-likeness (QED) is 0.412. The van der Waals surface area contributed by atoms with Crippen molar-refractivity contribution in [3.05, 3.63) is 71.8 Å². The van der Waals surface area contributed by atoms with Crippen LogP contribution in [0.2, 0.25) is 0 Å². The lowest BCUT2D eigenvalue weighted by atomic mass is 9.86. The zero-order chi connectivity index (χ0) is 21.5. The Kier molecular flexibility index (Phi) is 4.94. The zero-order valence-corrected chi connectivity index (χ0v) is 17.3. The summed E-state index contributed by atoms with van der Waals surface area (Å²) in [7, 11) is 1.60. The van der Waals surface area contributed by atoms with E-state index in [1.165, 1.54) is 4.90 Å². The maximum absolute atomic E-state index is 13.7. The molecule has 0 bridgehead atoms. The first-order valence-electron chi connectivity index (χ1n) is 10.6. The van der Waals surface area contributed by atoms with Crippen molar-refractivity contribution >= 4 is 29.4 Å². The molecule has 4 atom stereocenters. The molecule has 0 radical (unpaired) electrons. The fourth-order valence-electron chi connectivity index (χ4n) is 5.24. The van der Waals surface area contributed by atoms with E-state index in [2.05, 4.69) is 0 Å². The molecule has 158 valence electrons. The van der Waals surface area contributed by atoms with Crippen LogP contribution in [-0.2, 0) is 14.3 Å². The Labute approximate surface area is 181 Å². The largest absolute Gasteiger partial charge is 0.385 e. The number of imide groups is 1. The van der Waals surface area contributed by atoms with E-state index in [-0.39, 0.29) is 23.6 Å². The molecule has 2 aromatic rings. The fraction of sp³-hybridized carbons (Fsp3) is 0.320. The first-order chi connectivity index (χ1) is 15.1. The minimum Gasteiger partial charge on any atom is -0.385 e. The number of likely N-dealkylation sites (tertiary alicyclic amines) is 1. The van der Waals surface area contributed by atoms with E-state index in [4.69, 9.17) is 4.74 Å². The van der Waals surface area contributed by atoms with Crippen molar-refractivity contribution in [1.29, 1.82) is 0 Å². The second kappa shape index (κ2) is 7.78. The van der Waals surface area contributed by atoms with Crippen LogP contribution in [-0.4, -0.2) is 54.8 Å². The standard InChI is InChI=1S/C25H24N2O4/c1-31-15-7-14-26-24(29)20-19-13-12-16-8-5-6-11-18(16)27(19)22(21(20)25(26)30)23(28)17-9-3-2-4-10-17/h2-6,8-13,19-22H,7,14-15H2,1H3/t19-,20+,21+,22-/m0/s1. The summed E-state index contributed by atoms with van der Waals surface area (Å²) in [6, 6.07) is 15.8. The molecule has 6 nitrogen and oxygen atoms in total. The minimum atomic E-state index is -0.715. The van der Waals surface area contributed by atoms with E-state index in [0.29, 0.717) is 25.1 Å². The van der Waals surface area contributed by atoms with Crippen LogP contribution >= 0.6 is 0 Å². The summed E-state index contributed by atoms with van der Waals surface area (Å²) in [6.45, 7) is 0.791. The summed E-state index contributed by atoms with van der Waals surface area (Å²) in [5.41, 5.74) is 2.43. The number of fused-ring (bicyclic) bond motifs is 5. The Morgan fingerprint density at radius 3 is 2.45 bits per heavy atom. The van der Waals surface area contributed by atoms with Crippen LogP contribution in [0.25, 0.3) is 6.08 Å². The molecule has 0 unspecified atom stereocenters. The van der Waals surface area contributed by atoms with Gasteiger partial charge in [0.15, 0.2) is 5.78 Å². The van der Waals surface area contributed by atoms with Crippen molar-refractivity contribution in [2.75, 3.05) is 25.2 Å². The number of ketones is 1. The van der Waals surface area contributed by atoms with E-state index < -0.39 is 17.9 Å². The molecule has 2 amide bonds. The molecule has 0 saturated carbocycles. The molecule has 0 N–H and O–H groups in total. The Bertz CT molecular complexity index is 1060. The minimum absolute atomic E-state index is 0.122. The third-order valence-corrected chi connectivity index (χ3v) is 6.56. The third-order valence-electron chi connectivity index (χ3n) is 6.56. The van der Waals surface area contributed by atoms with Gasteiger partial charge in [-0.3, -0.25) is 19.3 Å². The summed E-state index contributed by atoms with van der Waals surface area (Å²) in [5.74, 6) is -1.81. The smallest absolute Gasteiger partial charge is 0.235 e. The lowest BCUT2D eigenvalue weighted by Gasteiger charge is -2.36. The molecule has 3 aliphatic rings. The van der Waals surface area contributed by atoms with Crippen LogP contribution in [0.4, 0.5) is 5.69 Å². The molecule has 2 aromatic carbocycles. The third kappa shape index (κ3) is 3.01. The van der Waals surface area contributed by atoms with Gasteiger partial charge in [0.25, 0.3) is 0 Å². The van der Waals surface area contributed by atoms with Crippen LogP contribution in [0, 0.1) is 11.8 Å². The molecule has 6 heteroatoms. The number of carbonyl (C=O) groups is 3. The Morgan fingerprint density at radius 1 is 0.968 bits per heavy atom. The van der Waals surface area contributed by atoms with Crippen molar-refractivity contribution in [1.82, 2.24) is 4.90 Å². The summed E-state index contributed by atoms with van der Waals surface area (Å²) < 4.78 is 5.09. The number of Topliss-reactive ketones (excluding diaryl/α,β-unsaturated/α-hetero) is 1. The van der Waals surface area contributed by atoms with E-state index in [9.17, 15) is 14.4 Å². The van der Waals surface area contributed by atoms with Crippen LogP contribution in [0.1, 0.15) is 22.3 Å². The van der Waals surface area contributed by atoms with Crippen LogP contribution in [0.5, 0.6) is 0 Å². The SMILES string of the molecule is COCCCN1C(=O)[C@@H]2[C@H](C1=O)[C@@H]1C=Cc3ccccc3N1[C@@H]2C(=O)c1ccccc1. The predicted octanol–water partition coefficient (Wildman–Crippen LogP) is 2.79. The highest BCUT2D eigenvalue weighted by molar-refractivity contribution is 6.14. The van der Waals surface area contributed by atoms with Gasteiger partial charge in [-0.15, -0.1) is 0 Å². The van der Waals surface area contributed by atoms with Crippen molar-refractivity contribution in [2.24, 2.45) is 11.8 Å². The average Bonchev–Trinajstić information content (AvgIpc) is 3.28. The number of anilines is 1. The molecule has 31 heavy (non-hydrogen) atoms. The second-order valence-corrected chi connectivity index (χ2v) is 8.22. The summed E-state index contributed by atoms with van der Waals surface area (Å²) >= 11 is 0. The number of hydrogen-bond acceptors (Lipinski definition) is 5. The fourth-order valence-corrected chi connectivity index (χ4v) is 5.24. The number of hydrogen-bond donors (Lipinski definition) is 0. The topological polar surface area (TPSA) is 66.9 Å². The Morgan fingerprint density at radius 2 is 1.68 bits per heavy atom.